The molecule has 0 spiro atoms. The maximum absolute atomic E-state index is 12.1. The number of nitrogens with zero attached hydrogens (tertiary/aromatic N) is 1. The quantitative estimate of drug-likeness (QED) is 0.637. The van der Waals surface area contributed by atoms with Gasteiger partial charge in [0.15, 0.2) is 0 Å². The molecule has 2 heterocycles. The van der Waals surface area contributed by atoms with Crippen molar-refractivity contribution in [3.05, 3.63) is 70.2 Å². The van der Waals surface area contributed by atoms with E-state index in [9.17, 15) is 9.90 Å². The molecule has 0 bridgehead atoms. The number of rotatable bonds is 3. The number of hydrogen-bond acceptors (Lipinski definition) is 5. The van der Waals surface area contributed by atoms with Crippen molar-refractivity contribution in [2.75, 3.05) is 6.61 Å². The van der Waals surface area contributed by atoms with E-state index in [1.165, 1.54) is 0 Å². The lowest BCUT2D eigenvalue weighted by atomic mass is 9.95. The largest absolute Gasteiger partial charge is 0.464 e. The van der Waals surface area contributed by atoms with E-state index in [-0.39, 0.29) is 18.5 Å². The lowest BCUT2D eigenvalue weighted by Crippen LogP contribution is -2.35. The molecule has 0 aromatic heterocycles. The van der Waals surface area contributed by atoms with Gasteiger partial charge in [-0.05, 0) is 48.9 Å². The van der Waals surface area contributed by atoms with Crippen molar-refractivity contribution in [1.29, 1.82) is 0 Å². The maximum atomic E-state index is 12.1. The molecular formula is C22H20ClNO4. The molecule has 2 aromatic rings. The van der Waals surface area contributed by atoms with Gasteiger partial charge in [-0.15, -0.1) is 0 Å². The van der Waals surface area contributed by atoms with E-state index >= 15 is 0 Å². The summed E-state index contributed by atoms with van der Waals surface area (Å²) in [6, 6.07) is 14.7. The molecule has 1 N–H and O–H groups in total. The predicted molar refractivity (Wildman–Crippen MR) is 104 cm³/mol. The molecule has 0 unspecified atom stereocenters. The molecular weight excluding hydrogens is 378 g/mol. The van der Waals surface area contributed by atoms with Crippen LogP contribution in [-0.4, -0.2) is 41.0 Å². The second kappa shape index (κ2) is 7.94. The number of esters is 1. The summed E-state index contributed by atoms with van der Waals surface area (Å²) < 4.78 is 5.17. The van der Waals surface area contributed by atoms with Gasteiger partial charge in [-0.1, -0.05) is 35.6 Å². The first-order valence-corrected chi connectivity index (χ1v) is 9.54. The van der Waals surface area contributed by atoms with E-state index < -0.39 is 18.2 Å². The van der Waals surface area contributed by atoms with Crippen molar-refractivity contribution in [3.8, 4) is 11.8 Å². The number of hydrogen-bond donors (Lipinski definition) is 1. The number of ether oxygens (including phenoxy) is 1. The van der Waals surface area contributed by atoms with Gasteiger partial charge < -0.3 is 9.84 Å². The molecule has 4 atom stereocenters. The van der Waals surface area contributed by atoms with Crippen LogP contribution in [0.15, 0.2) is 48.5 Å². The smallest absolute Gasteiger partial charge is 0.326 e. The third kappa shape index (κ3) is 3.91. The third-order valence-electron chi connectivity index (χ3n) is 5.02. The molecule has 28 heavy (non-hydrogen) atoms. The van der Waals surface area contributed by atoms with Crippen LogP contribution in [0.2, 0.25) is 5.02 Å². The minimum atomic E-state index is -0.669. The number of halogens is 1. The first-order valence-electron chi connectivity index (χ1n) is 9.16. The van der Waals surface area contributed by atoms with Crippen LogP contribution in [0.1, 0.15) is 23.6 Å². The fourth-order valence-corrected chi connectivity index (χ4v) is 3.69. The highest BCUT2D eigenvalue weighted by atomic mass is 35.5. The number of cyclic esters (lactones) is 1. The van der Waals surface area contributed by atoms with Gasteiger partial charge >= 0.3 is 5.97 Å². The van der Waals surface area contributed by atoms with Crippen LogP contribution in [0.4, 0.5) is 0 Å². The average Bonchev–Trinajstić information content (AvgIpc) is 3.24. The van der Waals surface area contributed by atoms with Gasteiger partial charge in [0, 0.05) is 16.1 Å². The molecule has 0 saturated carbocycles. The summed E-state index contributed by atoms with van der Waals surface area (Å²) in [6.07, 6.45) is -1.10. The van der Waals surface area contributed by atoms with Crippen LogP contribution < -0.4 is 0 Å². The van der Waals surface area contributed by atoms with E-state index in [1.807, 2.05) is 48.5 Å². The highest BCUT2D eigenvalue weighted by Crippen LogP contribution is 2.36. The van der Waals surface area contributed by atoms with E-state index in [4.69, 9.17) is 21.2 Å². The van der Waals surface area contributed by atoms with Crippen LogP contribution in [0.25, 0.3) is 0 Å². The Morgan fingerprint density at radius 1 is 1.14 bits per heavy atom. The van der Waals surface area contributed by atoms with Crippen molar-refractivity contribution < 1.29 is 19.5 Å². The van der Waals surface area contributed by atoms with Crippen LogP contribution in [0.5, 0.6) is 0 Å². The molecule has 2 aliphatic heterocycles. The summed E-state index contributed by atoms with van der Waals surface area (Å²) >= 11 is 5.88. The number of aliphatic hydroxyl groups excluding tert-OH is 1. The first kappa shape index (κ1) is 19.0. The second-order valence-corrected chi connectivity index (χ2v) is 7.51. The Hall–Kier alpha value is -2.36. The third-order valence-corrected chi connectivity index (χ3v) is 5.27. The van der Waals surface area contributed by atoms with Crippen molar-refractivity contribution in [3.63, 3.8) is 0 Å². The van der Waals surface area contributed by atoms with Crippen LogP contribution in [-0.2, 0) is 20.9 Å². The fourth-order valence-electron chi connectivity index (χ4n) is 3.57. The van der Waals surface area contributed by atoms with Gasteiger partial charge in [0.05, 0.1) is 25.2 Å². The summed E-state index contributed by atoms with van der Waals surface area (Å²) in [7, 11) is 0. The minimum absolute atomic E-state index is 0.142. The Labute approximate surface area is 168 Å². The average molecular weight is 398 g/mol. The number of aliphatic hydroxyl groups is 1. The summed E-state index contributed by atoms with van der Waals surface area (Å²) in [4.78, 5) is 17.9. The number of carbonyl (C=O) groups is 1. The summed E-state index contributed by atoms with van der Waals surface area (Å²) in [5.74, 6) is 5.79. The zero-order valence-electron chi connectivity index (χ0n) is 15.3. The van der Waals surface area contributed by atoms with Gasteiger partial charge in [-0.25, -0.2) is 0 Å². The molecule has 4 rings (SSSR count). The Kier molecular flexibility index (Phi) is 5.38. The first-order chi connectivity index (χ1) is 13.5. The molecule has 0 amide bonds. The highest BCUT2D eigenvalue weighted by Gasteiger charge is 2.54. The predicted octanol–water partition coefficient (Wildman–Crippen LogP) is 2.78. The molecule has 5 nitrogen and oxygen atoms in total. The number of carbonyl (C=O) groups excluding carboxylic acids is 1. The van der Waals surface area contributed by atoms with Crippen molar-refractivity contribution >= 4 is 17.6 Å². The lowest BCUT2D eigenvalue weighted by Gasteiger charge is -2.21. The Morgan fingerprint density at radius 3 is 2.36 bits per heavy atom. The van der Waals surface area contributed by atoms with Gasteiger partial charge in [-0.3, -0.25) is 9.63 Å². The summed E-state index contributed by atoms with van der Waals surface area (Å²) in [5, 5.41) is 12.2. The van der Waals surface area contributed by atoms with Crippen LogP contribution >= 0.6 is 11.6 Å². The molecule has 2 aliphatic rings. The van der Waals surface area contributed by atoms with Crippen molar-refractivity contribution in [2.24, 2.45) is 5.92 Å². The summed E-state index contributed by atoms with van der Waals surface area (Å²) in [5.41, 5.74) is 2.77. The Balaban J connectivity index is 1.45. The fraction of sp³-hybridized carbons (Fsp3) is 0.318. The van der Waals surface area contributed by atoms with Crippen LogP contribution in [0.3, 0.4) is 0 Å². The molecule has 0 radical (unpaired) electrons. The Bertz CT molecular complexity index is 914. The molecule has 2 aromatic carbocycles. The van der Waals surface area contributed by atoms with E-state index in [0.29, 0.717) is 11.6 Å². The maximum Gasteiger partial charge on any atom is 0.326 e. The molecule has 6 heteroatoms. The number of fused-ring (bicyclic) bond motifs is 1. The van der Waals surface area contributed by atoms with Gasteiger partial charge in [0.1, 0.15) is 12.1 Å². The minimum Gasteiger partial charge on any atom is -0.464 e. The summed E-state index contributed by atoms with van der Waals surface area (Å²) in [6.45, 7) is 2.39. The molecule has 0 aliphatic carbocycles. The lowest BCUT2D eigenvalue weighted by molar-refractivity contribution is -0.202. The van der Waals surface area contributed by atoms with Crippen molar-refractivity contribution in [1.82, 2.24) is 5.06 Å². The standard InChI is InChI=1S/C22H20ClNO4/c1-14(25)21-19-13-27-22(26)20(19)24(28-21)12-17-6-4-15(5-7-17)2-3-16-8-10-18(23)11-9-16/h4-11,14,19-21,25H,12-13H2,1H3/t14-,19-,20-,21-/m0/s1. The molecule has 2 fully saturated rings. The molecule has 144 valence electrons. The van der Waals surface area contributed by atoms with E-state index in [0.717, 1.165) is 16.7 Å². The van der Waals surface area contributed by atoms with Crippen molar-refractivity contribution in [2.45, 2.75) is 31.7 Å². The van der Waals surface area contributed by atoms with Gasteiger partial charge in [-0.2, -0.15) is 5.06 Å². The highest BCUT2D eigenvalue weighted by molar-refractivity contribution is 6.30. The number of benzene rings is 2. The molecule has 2 saturated heterocycles. The van der Waals surface area contributed by atoms with Gasteiger partial charge in [0.2, 0.25) is 0 Å². The van der Waals surface area contributed by atoms with Gasteiger partial charge in [0.25, 0.3) is 0 Å². The topological polar surface area (TPSA) is 59.0 Å². The normalized spacial score (nSPS) is 25.0. The SMILES string of the molecule is C[C@H](O)[C@@H]1ON(Cc2ccc(C#Cc3ccc(Cl)cc3)cc2)[C@@H]2C(=O)OC[C@H]12. The second-order valence-electron chi connectivity index (χ2n) is 7.08. The zero-order valence-corrected chi connectivity index (χ0v) is 16.1. The van der Waals surface area contributed by atoms with E-state index in [2.05, 4.69) is 11.8 Å². The monoisotopic (exact) mass is 397 g/mol. The van der Waals surface area contributed by atoms with Crippen LogP contribution in [0, 0.1) is 17.8 Å². The number of hydroxylamine groups is 2. The Morgan fingerprint density at radius 2 is 1.75 bits per heavy atom. The zero-order chi connectivity index (χ0) is 19.7. The van der Waals surface area contributed by atoms with E-state index in [1.54, 1.807) is 12.0 Å².